The molecule has 1 aromatic rings. The van der Waals surface area contributed by atoms with Gasteiger partial charge < -0.3 is 5.32 Å². The zero-order valence-corrected chi connectivity index (χ0v) is 9.31. The standard InChI is InChI=1S/C10H12BrNO/c1-3-8-7(2)9(11)4-5-10(8)12-6-13/h4-6H,3H2,1-2H3,(H,12,13). The SMILES string of the molecule is CCc1c(NC=O)ccc(Br)c1C. The summed E-state index contributed by atoms with van der Waals surface area (Å²) >= 11 is 3.46. The Morgan fingerprint density at radius 1 is 1.54 bits per heavy atom. The molecule has 0 saturated heterocycles. The molecule has 1 N–H and O–H groups in total. The highest BCUT2D eigenvalue weighted by Gasteiger charge is 2.05. The summed E-state index contributed by atoms with van der Waals surface area (Å²) in [7, 11) is 0. The summed E-state index contributed by atoms with van der Waals surface area (Å²) in [5, 5.41) is 2.69. The number of halogens is 1. The Morgan fingerprint density at radius 3 is 2.77 bits per heavy atom. The van der Waals surface area contributed by atoms with Crippen LogP contribution in [0.4, 0.5) is 5.69 Å². The Labute approximate surface area is 86.5 Å². The second-order valence-corrected chi connectivity index (χ2v) is 3.67. The summed E-state index contributed by atoms with van der Waals surface area (Å²) < 4.78 is 1.08. The molecule has 1 amide bonds. The van der Waals surface area contributed by atoms with Gasteiger partial charge in [0.15, 0.2) is 0 Å². The fourth-order valence-electron chi connectivity index (χ4n) is 1.38. The van der Waals surface area contributed by atoms with Crippen LogP contribution < -0.4 is 5.32 Å². The molecule has 0 aliphatic heterocycles. The second kappa shape index (κ2) is 4.42. The van der Waals surface area contributed by atoms with Gasteiger partial charge in [-0.1, -0.05) is 22.9 Å². The molecular formula is C10H12BrNO. The molecule has 0 unspecified atom stereocenters. The highest BCUT2D eigenvalue weighted by atomic mass is 79.9. The molecule has 0 spiro atoms. The van der Waals surface area contributed by atoms with Crippen molar-refractivity contribution in [1.29, 1.82) is 0 Å². The zero-order chi connectivity index (χ0) is 9.84. The third kappa shape index (κ3) is 2.10. The Morgan fingerprint density at radius 2 is 2.23 bits per heavy atom. The van der Waals surface area contributed by atoms with E-state index in [1.807, 2.05) is 19.1 Å². The number of nitrogens with one attached hydrogen (secondary N) is 1. The lowest BCUT2D eigenvalue weighted by atomic mass is 10.0. The number of rotatable bonds is 3. The van der Waals surface area contributed by atoms with Crippen LogP contribution in [0.3, 0.4) is 0 Å². The number of carbonyl (C=O) groups is 1. The van der Waals surface area contributed by atoms with Gasteiger partial charge in [-0.2, -0.15) is 0 Å². The van der Waals surface area contributed by atoms with Crippen LogP contribution in [0.5, 0.6) is 0 Å². The first-order valence-electron chi connectivity index (χ1n) is 4.18. The van der Waals surface area contributed by atoms with Crippen LogP contribution in [0.2, 0.25) is 0 Å². The third-order valence-corrected chi connectivity index (χ3v) is 2.96. The Balaban J connectivity index is 3.20. The van der Waals surface area contributed by atoms with Crippen LogP contribution in [0.1, 0.15) is 18.1 Å². The molecule has 3 heteroatoms. The lowest BCUT2D eigenvalue weighted by Gasteiger charge is -2.10. The lowest BCUT2D eigenvalue weighted by molar-refractivity contribution is -0.105. The Bertz CT molecular complexity index is 323. The van der Waals surface area contributed by atoms with Gasteiger partial charge in [0.05, 0.1) is 0 Å². The fourth-order valence-corrected chi connectivity index (χ4v) is 1.75. The molecule has 1 rings (SSSR count). The van der Waals surface area contributed by atoms with E-state index < -0.39 is 0 Å². The first kappa shape index (κ1) is 10.3. The predicted molar refractivity (Wildman–Crippen MR) is 57.9 cm³/mol. The maximum absolute atomic E-state index is 10.3. The van der Waals surface area contributed by atoms with Crippen molar-refractivity contribution in [3.8, 4) is 0 Å². The van der Waals surface area contributed by atoms with Gasteiger partial charge in [0.1, 0.15) is 0 Å². The summed E-state index contributed by atoms with van der Waals surface area (Å²) in [6.45, 7) is 4.11. The summed E-state index contributed by atoms with van der Waals surface area (Å²) in [5.74, 6) is 0. The normalized spacial score (nSPS) is 9.77. The molecule has 0 saturated carbocycles. The molecule has 0 bridgehead atoms. The van der Waals surface area contributed by atoms with Crippen LogP contribution in [-0.2, 0) is 11.2 Å². The van der Waals surface area contributed by atoms with Crippen molar-refractivity contribution in [1.82, 2.24) is 0 Å². The van der Waals surface area contributed by atoms with Crippen molar-refractivity contribution in [2.75, 3.05) is 5.32 Å². The molecular weight excluding hydrogens is 230 g/mol. The summed E-state index contributed by atoms with van der Waals surface area (Å²) in [5.41, 5.74) is 3.27. The van der Waals surface area contributed by atoms with E-state index in [1.54, 1.807) is 0 Å². The molecule has 0 aromatic heterocycles. The summed E-state index contributed by atoms with van der Waals surface area (Å²) in [6.07, 6.45) is 1.63. The summed E-state index contributed by atoms with van der Waals surface area (Å²) in [4.78, 5) is 10.3. The molecule has 2 nitrogen and oxygen atoms in total. The van der Waals surface area contributed by atoms with Crippen molar-refractivity contribution < 1.29 is 4.79 Å². The fraction of sp³-hybridized carbons (Fsp3) is 0.300. The first-order chi connectivity index (χ1) is 6.20. The van der Waals surface area contributed by atoms with Gasteiger partial charge in [0.25, 0.3) is 0 Å². The average Bonchev–Trinajstić information content (AvgIpc) is 2.12. The Hall–Kier alpha value is -0.830. The lowest BCUT2D eigenvalue weighted by Crippen LogP contribution is -2.00. The van der Waals surface area contributed by atoms with Crippen LogP contribution in [0, 0.1) is 6.92 Å². The van der Waals surface area contributed by atoms with Gasteiger partial charge in [-0.15, -0.1) is 0 Å². The summed E-state index contributed by atoms with van der Waals surface area (Å²) in [6, 6.07) is 3.85. The maximum Gasteiger partial charge on any atom is 0.211 e. The third-order valence-electron chi connectivity index (χ3n) is 2.10. The van der Waals surface area contributed by atoms with Gasteiger partial charge >= 0.3 is 0 Å². The van der Waals surface area contributed by atoms with Gasteiger partial charge in [-0.3, -0.25) is 4.79 Å². The van der Waals surface area contributed by atoms with E-state index in [0.717, 1.165) is 16.6 Å². The van der Waals surface area contributed by atoms with E-state index in [4.69, 9.17) is 0 Å². The minimum atomic E-state index is 0.710. The molecule has 0 heterocycles. The average molecular weight is 242 g/mol. The smallest absolute Gasteiger partial charge is 0.211 e. The number of anilines is 1. The van der Waals surface area contributed by atoms with Gasteiger partial charge in [-0.05, 0) is 36.6 Å². The highest BCUT2D eigenvalue weighted by molar-refractivity contribution is 9.10. The van der Waals surface area contributed by atoms with Gasteiger partial charge in [0, 0.05) is 10.2 Å². The molecule has 70 valence electrons. The van der Waals surface area contributed by atoms with E-state index in [9.17, 15) is 4.79 Å². The molecule has 0 fully saturated rings. The highest BCUT2D eigenvalue weighted by Crippen LogP contribution is 2.26. The maximum atomic E-state index is 10.3. The van der Waals surface area contributed by atoms with Crippen LogP contribution >= 0.6 is 15.9 Å². The minimum Gasteiger partial charge on any atom is -0.328 e. The van der Waals surface area contributed by atoms with Crippen molar-refractivity contribution in [3.63, 3.8) is 0 Å². The number of amides is 1. The van der Waals surface area contributed by atoms with Crippen molar-refractivity contribution in [2.24, 2.45) is 0 Å². The quantitative estimate of drug-likeness (QED) is 0.811. The second-order valence-electron chi connectivity index (χ2n) is 2.81. The Kier molecular flexibility index (Phi) is 3.48. The number of carbonyl (C=O) groups excluding carboxylic acids is 1. The number of hydrogen-bond acceptors (Lipinski definition) is 1. The van der Waals surface area contributed by atoms with Crippen molar-refractivity contribution >= 4 is 28.0 Å². The zero-order valence-electron chi connectivity index (χ0n) is 7.73. The monoisotopic (exact) mass is 241 g/mol. The molecule has 0 aliphatic rings. The first-order valence-corrected chi connectivity index (χ1v) is 4.98. The van der Waals surface area contributed by atoms with Crippen molar-refractivity contribution in [2.45, 2.75) is 20.3 Å². The van der Waals surface area contributed by atoms with Crippen LogP contribution in [-0.4, -0.2) is 6.41 Å². The van der Waals surface area contributed by atoms with E-state index in [0.29, 0.717) is 6.41 Å². The molecule has 1 aromatic carbocycles. The number of hydrogen-bond donors (Lipinski definition) is 1. The van der Waals surface area contributed by atoms with E-state index in [2.05, 4.69) is 28.2 Å². The van der Waals surface area contributed by atoms with E-state index >= 15 is 0 Å². The van der Waals surface area contributed by atoms with Crippen molar-refractivity contribution in [3.05, 3.63) is 27.7 Å². The van der Waals surface area contributed by atoms with Gasteiger partial charge in [-0.25, -0.2) is 0 Å². The van der Waals surface area contributed by atoms with Crippen LogP contribution in [0.15, 0.2) is 16.6 Å². The largest absolute Gasteiger partial charge is 0.328 e. The molecule has 13 heavy (non-hydrogen) atoms. The molecule has 0 radical (unpaired) electrons. The van der Waals surface area contributed by atoms with E-state index in [1.165, 1.54) is 11.1 Å². The molecule has 0 aliphatic carbocycles. The predicted octanol–water partition coefficient (Wildman–Crippen LogP) is 2.89. The topological polar surface area (TPSA) is 29.1 Å². The molecule has 0 atom stereocenters. The number of benzene rings is 1. The minimum absolute atomic E-state index is 0.710. The van der Waals surface area contributed by atoms with Gasteiger partial charge in [0.2, 0.25) is 6.41 Å². The van der Waals surface area contributed by atoms with Crippen LogP contribution in [0.25, 0.3) is 0 Å². The van der Waals surface area contributed by atoms with E-state index in [-0.39, 0.29) is 0 Å².